The smallest absolute Gasteiger partial charge is 0.264 e. The fraction of sp³-hybridized carbons (Fsp3) is 0.179. The molecular weight excluding hydrogens is 414 g/mol. The van der Waals surface area contributed by atoms with E-state index in [1.807, 2.05) is 42.5 Å². The van der Waals surface area contributed by atoms with Crippen LogP contribution in [0.5, 0.6) is 5.75 Å². The van der Waals surface area contributed by atoms with Crippen LogP contribution in [-0.2, 0) is 4.79 Å². The Hall–Kier alpha value is -3.86. The third kappa shape index (κ3) is 3.15. The average Bonchev–Trinajstić information content (AvgIpc) is 2.81. The fourth-order valence-electron chi connectivity index (χ4n) is 4.56. The molecule has 3 aromatic carbocycles. The summed E-state index contributed by atoms with van der Waals surface area (Å²) < 4.78 is 12.2. The summed E-state index contributed by atoms with van der Waals surface area (Å²) in [6.45, 7) is -0.0883. The van der Waals surface area contributed by atoms with Gasteiger partial charge < -0.3 is 14.1 Å². The predicted molar refractivity (Wildman–Crippen MR) is 128 cm³/mol. The maximum absolute atomic E-state index is 13.8. The van der Waals surface area contributed by atoms with Crippen LogP contribution >= 0.6 is 0 Å². The number of benzene rings is 3. The Morgan fingerprint density at radius 1 is 0.818 bits per heavy atom. The van der Waals surface area contributed by atoms with E-state index in [9.17, 15) is 9.59 Å². The van der Waals surface area contributed by atoms with Crippen molar-refractivity contribution in [2.45, 2.75) is 19.3 Å². The maximum atomic E-state index is 13.8. The first-order valence-corrected chi connectivity index (χ1v) is 11.2. The Labute approximate surface area is 191 Å². The highest BCUT2D eigenvalue weighted by Gasteiger charge is 2.28. The van der Waals surface area contributed by atoms with Crippen molar-refractivity contribution in [1.29, 1.82) is 0 Å². The van der Waals surface area contributed by atoms with Crippen LogP contribution in [0.3, 0.4) is 0 Å². The first kappa shape index (κ1) is 19.8. The zero-order chi connectivity index (χ0) is 22.5. The second-order valence-electron chi connectivity index (χ2n) is 8.57. The molecule has 4 aromatic rings. The molecule has 1 aromatic heterocycles. The Morgan fingerprint density at radius 2 is 1.55 bits per heavy atom. The van der Waals surface area contributed by atoms with E-state index >= 15 is 0 Å². The van der Waals surface area contributed by atoms with Gasteiger partial charge in [-0.05, 0) is 36.1 Å². The molecule has 1 saturated carbocycles. The standard InChI is InChI=1S/C28H22NO4/c1-29-22-15-14-21-25(31)24(19-12-10-18(11-13-19)17-8-5-9-17)26(20-6-3-2-4-7-20)33-27(21)28(22)32-16-23(29)30/h2-4,6-7,10-15H,5,8-9,16H2,1H3. The lowest BCUT2D eigenvalue weighted by molar-refractivity contribution is -0.120. The monoisotopic (exact) mass is 436 g/mol. The molecular formula is C28H22NO4. The van der Waals surface area contributed by atoms with Crippen molar-refractivity contribution in [2.75, 3.05) is 18.6 Å². The summed E-state index contributed by atoms with van der Waals surface area (Å²) in [6.07, 6.45) is 3.54. The molecule has 0 spiro atoms. The number of nitrogens with zero attached hydrogens (tertiary/aromatic N) is 1. The SMILES string of the molecule is CN1C(=O)COc2c1ccc1c(=O)c(-c3ccc([C]4CCC4)cc3)c(-c3ccccc3)oc21. The van der Waals surface area contributed by atoms with Crippen molar-refractivity contribution in [3.05, 3.63) is 88.4 Å². The number of carbonyl (C=O) groups is 1. The van der Waals surface area contributed by atoms with Crippen LogP contribution in [0.2, 0.25) is 0 Å². The number of rotatable bonds is 3. The number of anilines is 1. The summed E-state index contributed by atoms with van der Waals surface area (Å²) in [5, 5.41) is 0.434. The van der Waals surface area contributed by atoms with Gasteiger partial charge in [-0.25, -0.2) is 0 Å². The minimum Gasteiger partial charge on any atom is -0.478 e. The number of hydrogen-bond donors (Lipinski definition) is 0. The van der Waals surface area contributed by atoms with Gasteiger partial charge in [0.05, 0.1) is 16.6 Å². The van der Waals surface area contributed by atoms with Gasteiger partial charge in [0.1, 0.15) is 5.76 Å². The molecule has 0 saturated heterocycles. The van der Waals surface area contributed by atoms with Gasteiger partial charge >= 0.3 is 0 Å². The van der Waals surface area contributed by atoms with Gasteiger partial charge in [0.15, 0.2) is 17.9 Å². The summed E-state index contributed by atoms with van der Waals surface area (Å²) in [4.78, 5) is 27.5. The highest BCUT2D eigenvalue weighted by molar-refractivity contribution is 6.03. The normalized spacial score (nSPS) is 15.8. The van der Waals surface area contributed by atoms with Crippen molar-refractivity contribution >= 4 is 22.6 Å². The molecule has 0 atom stereocenters. The third-order valence-electron chi connectivity index (χ3n) is 6.64. The fourth-order valence-corrected chi connectivity index (χ4v) is 4.56. The van der Waals surface area contributed by atoms with E-state index in [0.29, 0.717) is 33.7 Å². The predicted octanol–water partition coefficient (Wildman–Crippen LogP) is 5.59. The van der Waals surface area contributed by atoms with E-state index in [0.717, 1.165) is 24.0 Å². The first-order chi connectivity index (χ1) is 16.1. The minimum atomic E-state index is -0.145. The van der Waals surface area contributed by atoms with E-state index in [1.165, 1.54) is 22.8 Å². The van der Waals surface area contributed by atoms with Gasteiger partial charge in [0.25, 0.3) is 5.91 Å². The molecule has 1 radical (unpaired) electrons. The van der Waals surface area contributed by atoms with Gasteiger partial charge in [-0.3, -0.25) is 9.59 Å². The van der Waals surface area contributed by atoms with E-state index in [2.05, 4.69) is 12.1 Å². The second kappa shape index (κ2) is 7.62. The van der Waals surface area contributed by atoms with Crippen LogP contribution in [0.1, 0.15) is 24.8 Å². The average molecular weight is 436 g/mol. The zero-order valence-electron chi connectivity index (χ0n) is 18.3. The maximum Gasteiger partial charge on any atom is 0.264 e. The van der Waals surface area contributed by atoms with E-state index in [-0.39, 0.29) is 17.9 Å². The van der Waals surface area contributed by atoms with Gasteiger partial charge in [-0.2, -0.15) is 0 Å². The molecule has 6 rings (SSSR count). The summed E-state index contributed by atoms with van der Waals surface area (Å²) in [7, 11) is 1.70. The number of hydrogen-bond acceptors (Lipinski definition) is 4. The van der Waals surface area contributed by atoms with Crippen molar-refractivity contribution in [1.82, 2.24) is 0 Å². The summed E-state index contributed by atoms with van der Waals surface area (Å²) in [5.74, 6) is 2.24. The third-order valence-corrected chi connectivity index (χ3v) is 6.64. The molecule has 2 heterocycles. The lowest BCUT2D eigenvalue weighted by Gasteiger charge is -2.26. The molecule has 33 heavy (non-hydrogen) atoms. The van der Waals surface area contributed by atoms with Crippen LogP contribution in [0, 0.1) is 5.92 Å². The number of amides is 1. The Balaban J connectivity index is 1.61. The molecule has 2 aliphatic rings. The van der Waals surface area contributed by atoms with Crippen molar-refractivity contribution < 1.29 is 13.9 Å². The van der Waals surface area contributed by atoms with E-state index in [4.69, 9.17) is 9.15 Å². The molecule has 5 nitrogen and oxygen atoms in total. The number of carbonyl (C=O) groups excluding carboxylic acids is 1. The molecule has 1 aliphatic carbocycles. The Morgan fingerprint density at radius 3 is 2.24 bits per heavy atom. The molecule has 0 unspecified atom stereocenters. The summed E-state index contributed by atoms with van der Waals surface area (Å²) >= 11 is 0. The molecule has 0 N–H and O–H groups in total. The highest BCUT2D eigenvalue weighted by atomic mass is 16.5. The largest absolute Gasteiger partial charge is 0.478 e. The van der Waals surface area contributed by atoms with Crippen LogP contribution in [0.4, 0.5) is 5.69 Å². The van der Waals surface area contributed by atoms with Crippen LogP contribution in [-0.4, -0.2) is 19.6 Å². The summed E-state index contributed by atoms with van der Waals surface area (Å²) in [6, 6.07) is 21.3. The lowest BCUT2D eigenvalue weighted by atomic mass is 9.80. The molecule has 1 amide bonds. The van der Waals surface area contributed by atoms with E-state index < -0.39 is 0 Å². The highest BCUT2D eigenvalue weighted by Crippen LogP contribution is 2.42. The van der Waals surface area contributed by atoms with Gasteiger partial charge in [0, 0.05) is 18.5 Å². The molecule has 1 aliphatic heterocycles. The quantitative estimate of drug-likeness (QED) is 0.420. The van der Waals surface area contributed by atoms with Crippen molar-refractivity contribution in [3.63, 3.8) is 0 Å². The van der Waals surface area contributed by atoms with E-state index in [1.54, 1.807) is 19.2 Å². The van der Waals surface area contributed by atoms with Crippen molar-refractivity contribution in [2.24, 2.45) is 0 Å². The topological polar surface area (TPSA) is 59.8 Å². The van der Waals surface area contributed by atoms with Gasteiger partial charge in [0.2, 0.25) is 5.43 Å². The number of likely N-dealkylation sites (N-methyl/N-ethyl adjacent to an activating group) is 1. The molecule has 1 fully saturated rings. The van der Waals surface area contributed by atoms with Gasteiger partial charge in [-0.15, -0.1) is 0 Å². The number of fused-ring (bicyclic) bond motifs is 3. The second-order valence-corrected chi connectivity index (χ2v) is 8.57. The molecule has 163 valence electrons. The van der Waals surface area contributed by atoms with Crippen LogP contribution in [0.25, 0.3) is 33.4 Å². The lowest BCUT2D eigenvalue weighted by Crippen LogP contribution is -2.35. The molecule has 5 heteroatoms. The van der Waals surface area contributed by atoms with Crippen molar-refractivity contribution in [3.8, 4) is 28.2 Å². The zero-order valence-corrected chi connectivity index (χ0v) is 18.3. The Kier molecular flexibility index (Phi) is 4.57. The number of ether oxygens (including phenoxy) is 1. The summed E-state index contributed by atoms with van der Waals surface area (Å²) in [5.41, 5.74) is 4.23. The Bertz CT molecular complexity index is 1430. The first-order valence-electron chi connectivity index (χ1n) is 11.2. The van der Waals surface area contributed by atoms with Crippen LogP contribution in [0.15, 0.2) is 75.9 Å². The van der Waals surface area contributed by atoms with Crippen LogP contribution < -0.4 is 15.1 Å². The van der Waals surface area contributed by atoms with Gasteiger partial charge in [-0.1, -0.05) is 61.0 Å². The minimum absolute atomic E-state index is 0.0883. The molecule has 0 bridgehead atoms.